The van der Waals surface area contributed by atoms with E-state index < -0.39 is 0 Å². The lowest BCUT2D eigenvalue weighted by molar-refractivity contribution is 0.342. The van der Waals surface area contributed by atoms with Crippen molar-refractivity contribution in [3.05, 3.63) is 9.93 Å². The van der Waals surface area contributed by atoms with Crippen molar-refractivity contribution in [2.24, 2.45) is 17.8 Å². The first-order valence-corrected chi connectivity index (χ1v) is 7.77. The van der Waals surface area contributed by atoms with Crippen LogP contribution >= 0.6 is 23.5 Å². The summed E-state index contributed by atoms with van der Waals surface area (Å²) < 4.78 is 0. The smallest absolute Gasteiger partial charge is 0.180 e. The van der Waals surface area contributed by atoms with E-state index in [1.807, 2.05) is 18.8 Å². The van der Waals surface area contributed by atoms with Crippen LogP contribution in [-0.4, -0.2) is 17.9 Å². The van der Waals surface area contributed by atoms with Gasteiger partial charge in [0, 0.05) is 17.2 Å². The molecule has 4 heteroatoms. The molecule has 0 aromatic rings. The maximum absolute atomic E-state index is 10.7. The van der Waals surface area contributed by atoms with Crippen molar-refractivity contribution in [1.82, 2.24) is 5.32 Å². The zero-order valence-electron chi connectivity index (χ0n) is 9.44. The van der Waals surface area contributed by atoms with Gasteiger partial charge in [0.25, 0.3) is 0 Å². The molecule has 0 spiro atoms. The number of hydrogen-bond donors (Lipinski definition) is 1. The average Bonchev–Trinajstić information content (AvgIpc) is 2.89. The molecular weight excluding hydrogens is 238 g/mol. The predicted octanol–water partition coefficient (Wildman–Crippen LogP) is 2.85. The second-order valence-corrected chi connectivity index (χ2v) is 7.11. The van der Waals surface area contributed by atoms with Crippen LogP contribution in [0.4, 0.5) is 0 Å². The normalized spacial score (nSPS) is 41.1. The van der Waals surface area contributed by atoms with Crippen molar-refractivity contribution in [2.45, 2.75) is 30.9 Å². The number of hydrogen-bond acceptors (Lipinski definition) is 4. The lowest BCUT2D eigenvalue weighted by atomic mass is 9.85. The van der Waals surface area contributed by atoms with E-state index in [1.54, 1.807) is 0 Å². The molecule has 1 aliphatic heterocycles. The van der Waals surface area contributed by atoms with Gasteiger partial charge in [-0.3, -0.25) is 4.79 Å². The molecule has 3 rings (SSSR count). The van der Waals surface area contributed by atoms with E-state index >= 15 is 0 Å². The minimum Gasteiger partial charge on any atom is -0.382 e. The summed E-state index contributed by atoms with van der Waals surface area (Å²) in [6, 6.07) is 0. The highest BCUT2D eigenvalue weighted by Gasteiger charge is 2.50. The second kappa shape index (κ2) is 4.30. The molecule has 0 radical (unpaired) electrons. The first-order chi connectivity index (χ1) is 7.83. The van der Waals surface area contributed by atoms with Crippen LogP contribution in [0.5, 0.6) is 0 Å². The molecule has 0 aromatic heterocycles. The molecule has 0 amide bonds. The van der Waals surface area contributed by atoms with Crippen molar-refractivity contribution in [1.29, 1.82) is 0 Å². The zero-order valence-corrected chi connectivity index (χ0v) is 11.1. The van der Waals surface area contributed by atoms with Gasteiger partial charge in [-0.15, -0.1) is 11.8 Å². The SMILES string of the molecule is CNC1=C(SC=O)C[C@H]2[C@@H]3CC[C@@H](C3)[C@H]2S1. The summed E-state index contributed by atoms with van der Waals surface area (Å²) in [4.78, 5) is 12.0. The van der Waals surface area contributed by atoms with E-state index in [2.05, 4.69) is 5.32 Å². The number of thioether (sulfide) groups is 2. The Bertz CT molecular complexity index is 342. The van der Waals surface area contributed by atoms with Crippen molar-refractivity contribution in [2.75, 3.05) is 7.05 Å². The lowest BCUT2D eigenvalue weighted by Crippen LogP contribution is -2.30. The summed E-state index contributed by atoms with van der Waals surface area (Å²) in [7, 11) is 1.97. The van der Waals surface area contributed by atoms with E-state index in [0.29, 0.717) is 0 Å². The zero-order chi connectivity index (χ0) is 11.1. The van der Waals surface area contributed by atoms with E-state index in [9.17, 15) is 4.79 Å². The number of nitrogens with one attached hydrogen (secondary N) is 1. The Labute approximate surface area is 105 Å². The predicted molar refractivity (Wildman–Crippen MR) is 70.7 cm³/mol. The fourth-order valence-electron chi connectivity index (χ4n) is 3.69. The minimum absolute atomic E-state index is 0.831. The first kappa shape index (κ1) is 11.0. The van der Waals surface area contributed by atoms with Crippen molar-refractivity contribution < 1.29 is 4.79 Å². The minimum atomic E-state index is 0.831. The third-order valence-electron chi connectivity index (χ3n) is 4.35. The van der Waals surface area contributed by atoms with Gasteiger partial charge in [-0.05, 0) is 43.4 Å². The molecule has 4 atom stereocenters. The summed E-state index contributed by atoms with van der Waals surface area (Å²) in [6.45, 7) is 0. The second-order valence-electron chi connectivity index (χ2n) is 5.00. The molecule has 0 aromatic carbocycles. The average molecular weight is 255 g/mol. The Kier molecular flexibility index (Phi) is 2.96. The van der Waals surface area contributed by atoms with Crippen LogP contribution in [0, 0.1) is 17.8 Å². The monoisotopic (exact) mass is 255 g/mol. The standard InChI is InChI=1S/C12H17NOS2/c1-13-12-10(15-6-14)5-9-7-2-3-8(4-7)11(9)16-12/h6-9,11,13H,2-5H2,1H3/t7-,8+,9+,11-/m1/s1. The van der Waals surface area contributed by atoms with Crippen LogP contribution in [0.25, 0.3) is 0 Å². The van der Waals surface area contributed by atoms with Gasteiger partial charge in [-0.2, -0.15) is 0 Å². The molecule has 3 aliphatic rings. The van der Waals surface area contributed by atoms with Crippen LogP contribution in [0.15, 0.2) is 9.93 Å². The van der Waals surface area contributed by atoms with Crippen LogP contribution in [0.1, 0.15) is 25.7 Å². The third kappa shape index (κ3) is 1.61. The molecule has 88 valence electrons. The number of rotatable bonds is 3. The third-order valence-corrected chi connectivity index (χ3v) is 6.93. The Morgan fingerprint density at radius 2 is 2.25 bits per heavy atom. The quantitative estimate of drug-likeness (QED) is 0.785. The van der Waals surface area contributed by atoms with Crippen LogP contribution in [-0.2, 0) is 4.79 Å². The molecule has 1 heterocycles. The summed E-state index contributed by atoms with van der Waals surface area (Å²) in [6.07, 6.45) is 5.45. The van der Waals surface area contributed by atoms with Gasteiger partial charge in [0.05, 0.1) is 5.03 Å². The molecule has 16 heavy (non-hydrogen) atoms. The number of carbonyl (C=O) groups is 1. The van der Waals surface area contributed by atoms with Gasteiger partial charge in [-0.1, -0.05) is 11.8 Å². The number of carbonyl (C=O) groups excluding carboxylic acids is 1. The van der Waals surface area contributed by atoms with E-state index in [1.165, 1.54) is 41.0 Å². The van der Waals surface area contributed by atoms with Gasteiger partial charge < -0.3 is 5.32 Å². The highest BCUT2D eigenvalue weighted by Crippen LogP contribution is 2.59. The number of fused-ring (bicyclic) bond motifs is 5. The molecule has 2 nitrogen and oxygen atoms in total. The maximum atomic E-state index is 10.7. The topological polar surface area (TPSA) is 29.1 Å². The Hall–Kier alpha value is -0.0900. The van der Waals surface area contributed by atoms with Gasteiger partial charge in [0.2, 0.25) is 0 Å². The molecule has 2 saturated carbocycles. The highest BCUT2D eigenvalue weighted by molar-refractivity contribution is 8.16. The first-order valence-electron chi connectivity index (χ1n) is 6.01. The summed E-state index contributed by atoms with van der Waals surface area (Å²) in [5.41, 5.74) is 0.973. The lowest BCUT2D eigenvalue weighted by Gasteiger charge is -2.36. The van der Waals surface area contributed by atoms with E-state index in [0.717, 1.165) is 35.0 Å². The van der Waals surface area contributed by atoms with E-state index in [-0.39, 0.29) is 0 Å². The van der Waals surface area contributed by atoms with Gasteiger partial charge in [-0.25, -0.2) is 0 Å². The molecule has 2 fully saturated rings. The maximum Gasteiger partial charge on any atom is 0.180 e. The van der Waals surface area contributed by atoms with Crippen molar-refractivity contribution in [3.63, 3.8) is 0 Å². The number of allylic oxidation sites excluding steroid dienone is 1. The Morgan fingerprint density at radius 1 is 1.44 bits per heavy atom. The van der Waals surface area contributed by atoms with Gasteiger partial charge >= 0.3 is 0 Å². The molecule has 0 saturated heterocycles. The largest absolute Gasteiger partial charge is 0.382 e. The molecule has 2 aliphatic carbocycles. The molecule has 2 bridgehead atoms. The van der Waals surface area contributed by atoms with Crippen molar-refractivity contribution >= 4 is 29.1 Å². The van der Waals surface area contributed by atoms with Gasteiger partial charge in [0.15, 0.2) is 5.62 Å². The fraction of sp³-hybridized carbons (Fsp3) is 0.750. The van der Waals surface area contributed by atoms with Gasteiger partial charge in [0.1, 0.15) is 0 Å². The summed E-state index contributed by atoms with van der Waals surface area (Å²) in [5.74, 6) is 2.75. The summed E-state index contributed by atoms with van der Waals surface area (Å²) >= 11 is 3.38. The van der Waals surface area contributed by atoms with Crippen LogP contribution < -0.4 is 5.32 Å². The fourth-order valence-corrected chi connectivity index (χ4v) is 6.13. The highest BCUT2D eigenvalue weighted by atomic mass is 32.2. The molecule has 0 unspecified atom stereocenters. The van der Waals surface area contributed by atoms with Crippen molar-refractivity contribution in [3.8, 4) is 0 Å². The van der Waals surface area contributed by atoms with Crippen LogP contribution in [0.2, 0.25) is 0 Å². The summed E-state index contributed by atoms with van der Waals surface area (Å²) in [5, 5.41) is 5.36. The Morgan fingerprint density at radius 3 is 3.00 bits per heavy atom. The molecule has 1 N–H and O–H groups in total. The molecular formula is C12H17NOS2. The Balaban J connectivity index is 1.84. The van der Waals surface area contributed by atoms with Crippen LogP contribution in [0.3, 0.4) is 0 Å². The van der Waals surface area contributed by atoms with E-state index in [4.69, 9.17) is 0 Å².